The number of nitrogens with zero attached hydrogens (tertiary/aromatic N) is 1. The molecular formula is C14H24N2OS. The van der Waals surface area contributed by atoms with Crippen molar-refractivity contribution in [2.45, 2.75) is 65.0 Å². The van der Waals surface area contributed by atoms with Crippen LogP contribution in [0, 0.1) is 11.3 Å². The largest absolute Gasteiger partial charge is 0.392 e. The van der Waals surface area contributed by atoms with Crippen molar-refractivity contribution in [2.24, 2.45) is 17.1 Å². The highest BCUT2D eigenvalue weighted by atomic mass is 32.1. The van der Waals surface area contributed by atoms with Crippen molar-refractivity contribution < 1.29 is 4.79 Å². The van der Waals surface area contributed by atoms with Crippen LogP contribution in [0.1, 0.15) is 52.9 Å². The predicted molar refractivity (Wildman–Crippen MR) is 77.2 cm³/mol. The van der Waals surface area contributed by atoms with Crippen LogP contribution in [0.25, 0.3) is 0 Å². The summed E-state index contributed by atoms with van der Waals surface area (Å²) in [5.74, 6) is 0.749. The van der Waals surface area contributed by atoms with Gasteiger partial charge in [-0.15, -0.1) is 0 Å². The van der Waals surface area contributed by atoms with E-state index in [0.717, 1.165) is 25.7 Å². The van der Waals surface area contributed by atoms with Crippen LogP contribution in [0.3, 0.4) is 0 Å². The highest BCUT2D eigenvalue weighted by Crippen LogP contribution is 2.48. The molecule has 2 aliphatic rings. The monoisotopic (exact) mass is 268 g/mol. The van der Waals surface area contributed by atoms with Crippen LogP contribution in [0.5, 0.6) is 0 Å². The molecule has 0 aromatic rings. The summed E-state index contributed by atoms with van der Waals surface area (Å²) in [5, 5.41) is 0. The molecule has 3 nitrogen and oxygen atoms in total. The summed E-state index contributed by atoms with van der Waals surface area (Å²) in [6.45, 7) is 6.44. The van der Waals surface area contributed by atoms with Gasteiger partial charge in [0.2, 0.25) is 5.91 Å². The maximum absolute atomic E-state index is 12.9. The number of thiocarbonyl (C=S) groups is 1. The molecule has 2 unspecified atom stereocenters. The van der Waals surface area contributed by atoms with Gasteiger partial charge in [-0.25, -0.2) is 0 Å². The predicted octanol–water partition coefficient (Wildman–Crippen LogP) is 2.48. The van der Waals surface area contributed by atoms with E-state index in [1.165, 1.54) is 6.42 Å². The van der Waals surface area contributed by atoms with E-state index in [1.807, 2.05) is 0 Å². The van der Waals surface area contributed by atoms with Gasteiger partial charge in [-0.1, -0.05) is 19.1 Å². The van der Waals surface area contributed by atoms with Crippen LogP contribution in [0.15, 0.2) is 0 Å². The van der Waals surface area contributed by atoms with Crippen molar-refractivity contribution in [1.29, 1.82) is 0 Å². The smallest absolute Gasteiger partial charge is 0.236 e. The number of nitrogens with two attached hydrogens (primary N) is 1. The van der Waals surface area contributed by atoms with E-state index >= 15 is 0 Å². The molecule has 0 aromatic heterocycles. The Morgan fingerprint density at radius 1 is 1.22 bits per heavy atom. The molecule has 2 atom stereocenters. The molecule has 1 saturated heterocycles. The summed E-state index contributed by atoms with van der Waals surface area (Å²) in [4.78, 5) is 15.3. The fourth-order valence-electron chi connectivity index (χ4n) is 3.68. The van der Waals surface area contributed by atoms with E-state index in [-0.39, 0.29) is 5.91 Å². The van der Waals surface area contributed by atoms with Gasteiger partial charge in [-0.05, 0) is 51.9 Å². The Balaban J connectivity index is 2.21. The molecule has 1 heterocycles. The summed E-state index contributed by atoms with van der Waals surface area (Å²) in [6, 6.07) is 0.645. The average Bonchev–Trinajstić information content (AvgIpc) is 2.23. The van der Waals surface area contributed by atoms with Gasteiger partial charge in [0.05, 0.1) is 10.4 Å². The van der Waals surface area contributed by atoms with Gasteiger partial charge in [0.25, 0.3) is 0 Å². The Kier molecular flexibility index (Phi) is 3.67. The summed E-state index contributed by atoms with van der Waals surface area (Å²) in [7, 11) is 0. The van der Waals surface area contributed by atoms with E-state index in [9.17, 15) is 4.79 Å². The molecule has 2 fully saturated rings. The average molecular weight is 268 g/mol. The van der Waals surface area contributed by atoms with Crippen LogP contribution in [-0.4, -0.2) is 27.9 Å². The molecule has 1 aliphatic carbocycles. The van der Waals surface area contributed by atoms with Gasteiger partial charge < -0.3 is 10.6 Å². The third kappa shape index (κ3) is 2.04. The minimum absolute atomic E-state index is 0.188. The van der Waals surface area contributed by atoms with E-state index in [1.54, 1.807) is 0 Å². The lowest BCUT2D eigenvalue weighted by atomic mass is 9.61. The fourth-order valence-corrected chi connectivity index (χ4v) is 3.93. The van der Waals surface area contributed by atoms with Crippen molar-refractivity contribution in [3.05, 3.63) is 0 Å². The van der Waals surface area contributed by atoms with Crippen molar-refractivity contribution in [2.75, 3.05) is 0 Å². The Morgan fingerprint density at radius 3 is 2.11 bits per heavy atom. The van der Waals surface area contributed by atoms with Crippen LogP contribution < -0.4 is 5.73 Å². The van der Waals surface area contributed by atoms with Crippen molar-refractivity contribution in [1.82, 2.24) is 4.90 Å². The summed E-state index contributed by atoms with van der Waals surface area (Å²) in [5.41, 5.74) is 5.34. The van der Waals surface area contributed by atoms with Crippen molar-refractivity contribution >= 4 is 23.1 Å². The van der Waals surface area contributed by atoms with Crippen LogP contribution >= 0.6 is 12.2 Å². The van der Waals surface area contributed by atoms with Crippen LogP contribution in [0.2, 0.25) is 0 Å². The second-order valence-electron chi connectivity index (χ2n) is 6.30. The summed E-state index contributed by atoms with van der Waals surface area (Å²) >= 11 is 5.19. The molecule has 102 valence electrons. The second kappa shape index (κ2) is 4.80. The lowest BCUT2D eigenvalue weighted by molar-refractivity contribution is -0.150. The van der Waals surface area contributed by atoms with Crippen LogP contribution in [-0.2, 0) is 4.79 Å². The van der Waals surface area contributed by atoms with E-state index in [0.29, 0.717) is 23.0 Å². The Labute approximate surface area is 115 Å². The minimum Gasteiger partial charge on any atom is -0.392 e. The first-order valence-electron chi connectivity index (χ1n) is 7.01. The Bertz CT molecular complexity index is 353. The van der Waals surface area contributed by atoms with Gasteiger partial charge in [0.15, 0.2) is 0 Å². The highest BCUT2D eigenvalue weighted by Gasteiger charge is 2.53. The third-order valence-corrected chi connectivity index (χ3v) is 5.09. The van der Waals surface area contributed by atoms with Crippen LogP contribution in [0.4, 0.5) is 0 Å². The lowest BCUT2D eigenvalue weighted by Crippen LogP contribution is -2.61. The van der Waals surface area contributed by atoms with E-state index in [2.05, 4.69) is 25.7 Å². The molecular weight excluding hydrogens is 244 g/mol. The topological polar surface area (TPSA) is 46.3 Å². The summed E-state index contributed by atoms with van der Waals surface area (Å²) in [6.07, 6.45) is 5.06. The molecule has 0 radical (unpaired) electrons. The molecule has 1 saturated carbocycles. The Hall–Kier alpha value is -0.640. The van der Waals surface area contributed by atoms with Gasteiger partial charge in [0.1, 0.15) is 0 Å². The number of hydrogen-bond acceptors (Lipinski definition) is 2. The molecule has 1 aliphatic heterocycles. The third-order valence-electron chi connectivity index (χ3n) is 4.70. The first-order chi connectivity index (χ1) is 8.38. The number of carbonyl (C=O) groups is 1. The summed E-state index contributed by atoms with van der Waals surface area (Å²) < 4.78 is 0. The van der Waals surface area contributed by atoms with Gasteiger partial charge in [0, 0.05) is 12.1 Å². The number of hydrogen-bond donors (Lipinski definition) is 1. The zero-order valence-electron chi connectivity index (χ0n) is 11.6. The molecule has 18 heavy (non-hydrogen) atoms. The van der Waals surface area contributed by atoms with E-state index in [4.69, 9.17) is 18.0 Å². The van der Waals surface area contributed by atoms with Crippen molar-refractivity contribution in [3.8, 4) is 0 Å². The van der Waals surface area contributed by atoms with Gasteiger partial charge >= 0.3 is 0 Å². The maximum Gasteiger partial charge on any atom is 0.236 e. The first kappa shape index (κ1) is 13.8. The number of carbonyl (C=O) groups excluding carboxylic acids is 1. The number of piperidine rings is 1. The maximum atomic E-state index is 12.9. The van der Waals surface area contributed by atoms with Gasteiger partial charge in [-0.3, -0.25) is 4.79 Å². The first-order valence-corrected chi connectivity index (χ1v) is 7.42. The minimum atomic E-state index is -0.533. The number of likely N-dealkylation sites (tertiary alicyclic amines) is 1. The fraction of sp³-hybridized carbons (Fsp3) is 0.857. The molecule has 2 N–H and O–H groups in total. The Morgan fingerprint density at radius 2 is 1.72 bits per heavy atom. The zero-order valence-corrected chi connectivity index (χ0v) is 12.4. The number of rotatable bonds is 2. The molecule has 1 amide bonds. The van der Waals surface area contributed by atoms with Crippen molar-refractivity contribution in [3.63, 3.8) is 0 Å². The van der Waals surface area contributed by atoms with E-state index < -0.39 is 5.41 Å². The lowest BCUT2D eigenvalue weighted by Gasteiger charge is -2.50. The molecule has 0 spiro atoms. The molecule has 4 heteroatoms. The second-order valence-corrected chi connectivity index (χ2v) is 6.74. The SMILES string of the molecule is CC1CC(C(=O)N2C(C)CCCC2C)(C(N)=S)C1. The standard InChI is InChI=1S/C14H24N2OS/c1-9-7-14(8-9,12(15)18)13(17)16-10(2)5-4-6-11(16)3/h9-11H,4-8H2,1-3H3,(H2,15,18). The molecule has 0 aromatic carbocycles. The molecule has 2 rings (SSSR count). The molecule has 0 bridgehead atoms. The highest BCUT2D eigenvalue weighted by molar-refractivity contribution is 7.80. The zero-order chi connectivity index (χ0) is 13.5. The van der Waals surface area contributed by atoms with Gasteiger partial charge in [-0.2, -0.15) is 0 Å². The quantitative estimate of drug-likeness (QED) is 0.783. The number of amides is 1. The normalized spacial score (nSPS) is 40.2.